The molecule has 106 valence electrons. The van der Waals surface area contributed by atoms with Crippen molar-refractivity contribution >= 4 is 9.84 Å². The van der Waals surface area contributed by atoms with Crippen molar-refractivity contribution in [3.8, 4) is 0 Å². The second-order valence-corrected chi connectivity index (χ2v) is 8.33. The monoisotopic (exact) mass is 274 g/mol. The fourth-order valence-corrected chi connectivity index (χ4v) is 4.62. The molecule has 0 aromatic carbocycles. The van der Waals surface area contributed by atoms with Crippen LogP contribution in [0.2, 0.25) is 0 Å². The van der Waals surface area contributed by atoms with Crippen molar-refractivity contribution in [1.82, 2.24) is 10.2 Å². The lowest BCUT2D eigenvalue weighted by molar-refractivity contribution is 0.154. The molecule has 0 radical (unpaired) electrons. The first-order valence-corrected chi connectivity index (χ1v) is 8.92. The molecule has 1 N–H and O–H groups in total. The van der Waals surface area contributed by atoms with Crippen LogP contribution in [0, 0.1) is 11.8 Å². The Labute approximate surface area is 111 Å². The van der Waals surface area contributed by atoms with Crippen molar-refractivity contribution in [2.24, 2.45) is 11.8 Å². The van der Waals surface area contributed by atoms with Crippen LogP contribution < -0.4 is 5.32 Å². The second-order valence-electron chi connectivity index (χ2n) is 6.03. The Hall–Kier alpha value is -0.130. The third-order valence-corrected chi connectivity index (χ3v) is 6.15. The van der Waals surface area contributed by atoms with Crippen LogP contribution in [0.5, 0.6) is 0 Å². The third kappa shape index (κ3) is 3.68. The Morgan fingerprint density at radius 3 is 2.50 bits per heavy atom. The standard InChI is InChI=1S/C13H26N2O2S/c1-11-3-4-13(14-2)12(9-11)10-15-5-7-18(16,17)8-6-15/h11-14H,3-10H2,1-2H3. The zero-order valence-corrected chi connectivity index (χ0v) is 12.4. The van der Waals surface area contributed by atoms with E-state index in [-0.39, 0.29) is 0 Å². The molecule has 1 saturated heterocycles. The van der Waals surface area contributed by atoms with Crippen molar-refractivity contribution < 1.29 is 8.42 Å². The van der Waals surface area contributed by atoms with E-state index in [1.807, 2.05) is 7.05 Å². The van der Waals surface area contributed by atoms with Gasteiger partial charge in [0.25, 0.3) is 0 Å². The van der Waals surface area contributed by atoms with Crippen molar-refractivity contribution in [2.45, 2.75) is 32.2 Å². The molecule has 18 heavy (non-hydrogen) atoms. The summed E-state index contributed by atoms with van der Waals surface area (Å²) in [6, 6.07) is 0.611. The topological polar surface area (TPSA) is 49.4 Å². The number of hydrogen-bond acceptors (Lipinski definition) is 4. The van der Waals surface area contributed by atoms with E-state index in [9.17, 15) is 8.42 Å². The van der Waals surface area contributed by atoms with Crippen molar-refractivity contribution in [3.05, 3.63) is 0 Å². The van der Waals surface area contributed by atoms with E-state index in [4.69, 9.17) is 0 Å². The average molecular weight is 274 g/mol. The van der Waals surface area contributed by atoms with Crippen LogP contribution >= 0.6 is 0 Å². The number of nitrogens with one attached hydrogen (secondary N) is 1. The molecule has 0 aromatic rings. The van der Waals surface area contributed by atoms with Gasteiger partial charge in [-0.25, -0.2) is 8.42 Å². The van der Waals surface area contributed by atoms with Gasteiger partial charge in [0.05, 0.1) is 11.5 Å². The highest BCUT2D eigenvalue weighted by molar-refractivity contribution is 7.91. The minimum atomic E-state index is -2.74. The Morgan fingerprint density at radius 2 is 1.89 bits per heavy atom. The van der Waals surface area contributed by atoms with Gasteiger partial charge < -0.3 is 10.2 Å². The van der Waals surface area contributed by atoms with Gasteiger partial charge in [-0.2, -0.15) is 0 Å². The highest BCUT2D eigenvalue weighted by atomic mass is 32.2. The van der Waals surface area contributed by atoms with E-state index >= 15 is 0 Å². The van der Waals surface area contributed by atoms with E-state index in [2.05, 4.69) is 17.1 Å². The van der Waals surface area contributed by atoms with Crippen LogP contribution in [0.25, 0.3) is 0 Å². The summed E-state index contributed by atoms with van der Waals surface area (Å²) in [5.74, 6) is 2.19. The molecule has 0 bridgehead atoms. The van der Waals surface area contributed by atoms with Crippen molar-refractivity contribution in [3.63, 3.8) is 0 Å². The molecule has 3 unspecified atom stereocenters. The molecule has 1 aliphatic heterocycles. The van der Waals surface area contributed by atoms with Gasteiger partial charge in [-0.1, -0.05) is 6.92 Å². The van der Waals surface area contributed by atoms with Crippen LogP contribution in [0.4, 0.5) is 0 Å². The SMILES string of the molecule is CNC1CCC(C)CC1CN1CCS(=O)(=O)CC1. The molecule has 1 aliphatic carbocycles. The molecular formula is C13H26N2O2S. The van der Waals surface area contributed by atoms with Gasteiger partial charge in [-0.15, -0.1) is 0 Å². The molecule has 2 fully saturated rings. The highest BCUT2D eigenvalue weighted by Crippen LogP contribution is 2.29. The summed E-state index contributed by atoms with van der Waals surface area (Å²) in [5, 5.41) is 3.44. The van der Waals surface area contributed by atoms with E-state index < -0.39 is 9.84 Å². The maximum atomic E-state index is 11.4. The van der Waals surface area contributed by atoms with Crippen LogP contribution in [0.1, 0.15) is 26.2 Å². The van der Waals surface area contributed by atoms with Gasteiger partial charge in [0.2, 0.25) is 0 Å². The van der Waals surface area contributed by atoms with Gasteiger partial charge in [0.15, 0.2) is 9.84 Å². The molecule has 4 nitrogen and oxygen atoms in total. The molecule has 0 spiro atoms. The molecule has 2 aliphatic rings. The minimum Gasteiger partial charge on any atom is -0.317 e. The predicted octanol–water partition coefficient (Wildman–Crippen LogP) is 0.741. The highest BCUT2D eigenvalue weighted by Gasteiger charge is 2.30. The smallest absolute Gasteiger partial charge is 0.152 e. The fraction of sp³-hybridized carbons (Fsp3) is 1.00. The van der Waals surface area contributed by atoms with E-state index in [0.717, 1.165) is 25.6 Å². The van der Waals surface area contributed by atoms with Crippen molar-refractivity contribution in [2.75, 3.05) is 38.2 Å². The van der Waals surface area contributed by atoms with Crippen LogP contribution in [-0.4, -0.2) is 57.5 Å². The van der Waals surface area contributed by atoms with Crippen molar-refractivity contribution in [1.29, 1.82) is 0 Å². The first-order chi connectivity index (χ1) is 8.50. The van der Waals surface area contributed by atoms with Gasteiger partial charge in [-0.3, -0.25) is 0 Å². The van der Waals surface area contributed by atoms with Crippen LogP contribution in [0.3, 0.4) is 0 Å². The summed E-state index contributed by atoms with van der Waals surface area (Å²) in [7, 11) is -0.694. The molecule has 1 heterocycles. The lowest BCUT2D eigenvalue weighted by Gasteiger charge is -2.38. The van der Waals surface area contributed by atoms with Crippen LogP contribution in [0.15, 0.2) is 0 Å². The van der Waals surface area contributed by atoms with Gasteiger partial charge in [-0.05, 0) is 38.1 Å². The molecule has 1 saturated carbocycles. The number of sulfone groups is 1. The molecule has 0 amide bonds. The summed E-state index contributed by atoms with van der Waals surface area (Å²) in [5.41, 5.74) is 0. The van der Waals surface area contributed by atoms with E-state index in [1.165, 1.54) is 19.3 Å². The Balaban J connectivity index is 1.87. The largest absolute Gasteiger partial charge is 0.317 e. The van der Waals surface area contributed by atoms with Gasteiger partial charge in [0, 0.05) is 25.7 Å². The van der Waals surface area contributed by atoms with Crippen LogP contribution in [-0.2, 0) is 9.84 Å². The number of nitrogens with zero attached hydrogens (tertiary/aromatic N) is 1. The summed E-state index contributed by atoms with van der Waals surface area (Å²) in [4.78, 5) is 2.34. The average Bonchev–Trinajstić information content (AvgIpc) is 2.32. The Kier molecular flexibility index (Phi) is 4.67. The lowest BCUT2D eigenvalue weighted by Crippen LogP contribution is -2.48. The van der Waals surface area contributed by atoms with Gasteiger partial charge in [0.1, 0.15) is 0 Å². The maximum absolute atomic E-state index is 11.4. The quantitative estimate of drug-likeness (QED) is 0.825. The summed E-state index contributed by atoms with van der Waals surface area (Å²) < 4.78 is 22.8. The molecule has 3 atom stereocenters. The summed E-state index contributed by atoms with van der Waals surface area (Å²) >= 11 is 0. The second kappa shape index (κ2) is 5.88. The normalized spacial score (nSPS) is 37.6. The maximum Gasteiger partial charge on any atom is 0.152 e. The third-order valence-electron chi connectivity index (χ3n) is 4.55. The van der Waals surface area contributed by atoms with Gasteiger partial charge >= 0.3 is 0 Å². The molecule has 5 heteroatoms. The molecular weight excluding hydrogens is 248 g/mol. The van der Waals surface area contributed by atoms with E-state index in [0.29, 0.717) is 23.5 Å². The summed E-state index contributed by atoms with van der Waals surface area (Å²) in [6.07, 6.45) is 3.85. The molecule has 2 rings (SSSR count). The first kappa shape index (κ1) is 14.3. The fourth-order valence-electron chi connectivity index (χ4n) is 3.34. The first-order valence-electron chi connectivity index (χ1n) is 7.10. The number of hydrogen-bond donors (Lipinski definition) is 1. The summed E-state index contributed by atoms with van der Waals surface area (Å²) in [6.45, 7) is 4.85. The minimum absolute atomic E-state index is 0.347. The predicted molar refractivity (Wildman–Crippen MR) is 74.4 cm³/mol. The number of rotatable bonds is 3. The molecule has 0 aromatic heterocycles. The van der Waals surface area contributed by atoms with E-state index in [1.54, 1.807) is 0 Å². The zero-order valence-electron chi connectivity index (χ0n) is 11.6. The Morgan fingerprint density at radius 1 is 1.22 bits per heavy atom. The lowest BCUT2D eigenvalue weighted by atomic mass is 9.78. The Bertz CT molecular complexity index is 355. The zero-order chi connectivity index (χ0) is 13.2.